The molecule has 1 aromatic carbocycles. The molecule has 1 aromatic rings. The number of benzene rings is 1. The van der Waals surface area contributed by atoms with Gasteiger partial charge in [-0.25, -0.2) is 0 Å². The zero-order chi connectivity index (χ0) is 15.5. The summed E-state index contributed by atoms with van der Waals surface area (Å²) in [7, 11) is 1.34. The van der Waals surface area contributed by atoms with Crippen LogP contribution in [0, 0.1) is 11.8 Å². The van der Waals surface area contributed by atoms with Crippen molar-refractivity contribution in [3.8, 4) is 0 Å². The molecule has 0 unspecified atom stereocenters. The van der Waals surface area contributed by atoms with Gasteiger partial charge in [-0.1, -0.05) is 24.3 Å². The number of amides is 1. The molecule has 0 radical (unpaired) electrons. The van der Waals surface area contributed by atoms with E-state index in [4.69, 9.17) is 9.47 Å². The number of methoxy groups -OCH3 is 1. The summed E-state index contributed by atoms with van der Waals surface area (Å²) in [6.07, 6.45) is 3.44. The van der Waals surface area contributed by atoms with Crippen molar-refractivity contribution < 1.29 is 19.1 Å². The van der Waals surface area contributed by atoms with Gasteiger partial charge in [0.25, 0.3) is 0 Å². The number of halogens is 1. The zero-order valence-corrected chi connectivity index (χ0v) is 13.4. The van der Waals surface area contributed by atoms with Gasteiger partial charge in [0.2, 0.25) is 5.91 Å². The van der Waals surface area contributed by atoms with Gasteiger partial charge in [0.05, 0.1) is 31.4 Å². The molecule has 5 nitrogen and oxygen atoms in total. The van der Waals surface area contributed by atoms with Crippen LogP contribution in [0.25, 0.3) is 0 Å². The Balaban J connectivity index is 1.75. The largest absolute Gasteiger partial charge is 0.469 e. The number of carbonyl (C=O) groups excluding carboxylic acids is 2. The Morgan fingerprint density at radius 2 is 2.23 bits per heavy atom. The maximum Gasteiger partial charge on any atom is 0.312 e. The van der Waals surface area contributed by atoms with Crippen LogP contribution in [-0.4, -0.2) is 37.2 Å². The first kappa shape index (κ1) is 14.0. The van der Waals surface area contributed by atoms with Crippen molar-refractivity contribution >= 4 is 33.5 Å². The maximum absolute atomic E-state index is 12.9. The fourth-order valence-electron chi connectivity index (χ4n) is 3.78. The third kappa shape index (κ3) is 1.68. The second-order valence-corrected chi connectivity index (χ2v) is 6.65. The summed E-state index contributed by atoms with van der Waals surface area (Å²) in [4.78, 5) is 26.7. The molecule has 2 fully saturated rings. The number of esters is 1. The van der Waals surface area contributed by atoms with Crippen LogP contribution in [0.1, 0.15) is 0 Å². The molecule has 3 heterocycles. The topological polar surface area (TPSA) is 55.8 Å². The SMILES string of the molecule is COC(=O)[C@@H]1[C@H]2C=C[C@@]3(CN(c4ccccc4Br)C(=O)[C@@H]13)O2. The van der Waals surface area contributed by atoms with Gasteiger partial charge >= 0.3 is 5.97 Å². The zero-order valence-electron chi connectivity index (χ0n) is 11.9. The molecule has 6 heteroatoms. The highest BCUT2D eigenvalue weighted by atomic mass is 79.9. The second-order valence-electron chi connectivity index (χ2n) is 5.80. The predicted molar refractivity (Wildman–Crippen MR) is 82.2 cm³/mol. The summed E-state index contributed by atoms with van der Waals surface area (Å²) in [5, 5.41) is 0. The van der Waals surface area contributed by atoms with Crippen molar-refractivity contribution in [2.45, 2.75) is 11.7 Å². The molecule has 0 aliphatic carbocycles. The van der Waals surface area contributed by atoms with Crippen molar-refractivity contribution in [2.75, 3.05) is 18.6 Å². The van der Waals surface area contributed by atoms with Crippen LogP contribution in [0.4, 0.5) is 5.69 Å². The molecule has 1 amide bonds. The summed E-state index contributed by atoms with van der Waals surface area (Å²) in [5.74, 6) is -1.55. The molecule has 1 spiro atoms. The highest BCUT2D eigenvalue weighted by molar-refractivity contribution is 9.10. The van der Waals surface area contributed by atoms with Crippen LogP contribution < -0.4 is 4.90 Å². The first-order valence-electron chi connectivity index (χ1n) is 7.08. The number of carbonyl (C=O) groups is 2. The van der Waals surface area contributed by atoms with Gasteiger partial charge < -0.3 is 14.4 Å². The number of fused-ring (bicyclic) bond motifs is 1. The van der Waals surface area contributed by atoms with Crippen molar-refractivity contribution in [1.29, 1.82) is 0 Å². The van der Waals surface area contributed by atoms with Gasteiger partial charge in [0.15, 0.2) is 0 Å². The first-order valence-corrected chi connectivity index (χ1v) is 7.87. The van der Waals surface area contributed by atoms with Crippen molar-refractivity contribution in [2.24, 2.45) is 11.8 Å². The van der Waals surface area contributed by atoms with E-state index in [1.165, 1.54) is 7.11 Å². The average molecular weight is 364 g/mol. The van der Waals surface area contributed by atoms with Gasteiger partial charge in [0, 0.05) is 4.47 Å². The van der Waals surface area contributed by atoms with Crippen LogP contribution in [0.2, 0.25) is 0 Å². The minimum Gasteiger partial charge on any atom is -0.469 e. The van der Waals surface area contributed by atoms with E-state index in [2.05, 4.69) is 15.9 Å². The first-order chi connectivity index (χ1) is 10.6. The van der Waals surface area contributed by atoms with Gasteiger partial charge in [-0.2, -0.15) is 0 Å². The second kappa shape index (κ2) is 4.67. The molecular weight excluding hydrogens is 350 g/mol. The minimum absolute atomic E-state index is 0.0887. The van der Waals surface area contributed by atoms with Crippen LogP contribution in [0.15, 0.2) is 40.9 Å². The quantitative estimate of drug-likeness (QED) is 0.594. The van der Waals surface area contributed by atoms with E-state index in [-0.39, 0.29) is 18.0 Å². The van der Waals surface area contributed by atoms with Gasteiger partial charge in [-0.15, -0.1) is 0 Å². The van der Waals surface area contributed by atoms with Crippen molar-refractivity contribution in [3.05, 3.63) is 40.9 Å². The number of para-hydroxylation sites is 1. The van der Waals surface area contributed by atoms with Crippen LogP contribution in [0.3, 0.4) is 0 Å². The van der Waals surface area contributed by atoms with Crippen molar-refractivity contribution in [1.82, 2.24) is 0 Å². The van der Waals surface area contributed by atoms with Crippen LogP contribution >= 0.6 is 15.9 Å². The number of ether oxygens (including phenoxy) is 2. The third-order valence-corrected chi connectivity index (χ3v) is 5.39. The van der Waals surface area contributed by atoms with Gasteiger partial charge in [-0.3, -0.25) is 9.59 Å². The molecule has 3 aliphatic rings. The lowest BCUT2D eigenvalue weighted by Crippen LogP contribution is -2.39. The average Bonchev–Trinajstić information content (AvgIpc) is 3.15. The molecule has 2 saturated heterocycles. The molecule has 4 rings (SSSR count). The molecule has 2 bridgehead atoms. The molecule has 0 saturated carbocycles. The Morgan fingerprint density at radius 1 is 1.45 bits per heavy atom. The Hall–Kier alpha value is -1.66. The Bertz CT molecular complexity index is 703. The lowest BCUT2D eigenvalue weighted by atomic mass is 9.77. The summed E-state index contributed by atoms with van der Waals surface area (Å²) >= 11 is 3.48. The highest BCUT2D eigenvalue weighted by Gasteiger charge is 2.67. The van der Waals surface area contributed by atoms with Gasteiger partial charge in [-0.05, 0) is 28.1 Å². The van der Waals surface area contributed by atoms with E-state index in [1.807, 2.05) is 36.4 Å². The highest BCUT2D eigenvalue weighted by Crippen LogP contribution is 2.53. The Morgan fingerprint density at radius 3 is 2.95 bits per heavy atom. The number of rotatable bonds is 2. The normalized spacial score (nSPS) is 35.1. The van der Waals surface area contributed by atoms with E-state index in [9.17, 15) is 9.59 Å². The van der Waals surface area contributed by atoms with E-state index >= 15 is 0 Å². The number of hydrogen-bond donors (Lipinski definition) is 0. The number of hydrogen-bond acceptors (Lipinski definition) is 4. The Kier molecular flexibility index (Phi) is 2.96. The van der Waals surface area contributed by atoms with E-state index in [1.54, 1.807) is 4.90 Å². The fourth-order valence-corrected chi connectivity index (χ4v) is 4.28. The summed E-state index contributed by atoms with van der Waals surface area (Å²) in [5.41, 5.74) is 0.0796. The molecule has 22 heavy (non-hydrogen) atoms. The molecule has 0 N–H and O–H groups in total. The summed E-state index contributed by atoms with van der Waals surface area (Å²) < 4.78 is 11.7. The summed E-state index contributed by atoms with van der Waals surface area (Å²) in [6, 6.07) is 7.54. The Labute approximate surface area is 136 Å². The van der Waals surface area contributed by atoms with Gasteiger partial charge in [0.1, 0.15) is 11.5 Å². The molecule has 4 atom stereocenters. The third-order valence-electron chi connectivity index (χ3n) is 4.72. The number of nitrogens with zero attached hydrogens (tertiary/aromatic N) is 1. The van der Waals surface area contributed by atoms with E-state index in [0.717, 1.165) is 10.2 Å². The summed E-state index contributed by atoms with van der Waals surface area (Å²) in [6.45, 7) is 0.416. The van der Waals surface area contributed by atoms with Crippen LogP contribution in [0.5, 0.6) is 0 Å². The smallest absolute Gasteiger partial charge is 0.312 e. The molecule has 3 aliphatic heterocycles. The van der Waals surface area contributed by atoms with Crippen LogP contribution in [-0.2, 0) is 19.1 Å². The fraction of sp³-hybridized carbons (Fsp3) is 0.375. The lowest BCUT2D eigenvalue weighted by Gasteiger charge is -2.22. The monoisotopic (exact) mass is 363 g/mol. The van der Waals surface area contributed by atoms with E-state index < -0.39 is 17.4 Å². The standard InChI is InChI=1S/C16H14BrNO4/c1-21-15(20)12-11-6-7-16(22-11)8-18(14(19)13(12)16)10-5-3-2-4-9(10)17/h2-7,11-13H,8H2,1H3/t11-,12-,13-,16+/m1/s1. The van der Waals surface area contributed by atoms with E-state index in [0.29, 0.717) is 6.54 Å². The minimum atomic E-state index is -0.712. The molecular formula is C16H14BrNO4. The number of anilines is 1. The molecule has 114 valence electrons. The van der Waals surface area contributed by atoms with Crippen molar-refractivity contribution in [3.63, 3.8) is 0 Å². The maximum atomic E-state index is 12.9. The lowest BCUT2D eigenvalue weighted by molar-refractivity contribution is -0.149. The molecule has 0 aromatic heterocycles. The predicted octanol–water partition coefficient (Wildman–Crippen LogP) is 1.91.